The summed E-state index contributed by atoms with van der Waals surface area (Å²) >= 11 is 0. The largest absolute Gasteiger partial charge is 0.412 e. The van der Waals surface area contributed by atoms with E-state index in [0.717, 1.165) is 11.0 Å². The van der Waals surface area contributed by atoms with Crippen LogP contribution in [0.4, 0.5) is 0 Å². The zero-order chi connectivity index (χ0) is 10.2. The molecule has 84 valence electrons. The van der Waals surface area contributed by atoms with Crippen molar-refractivity contribution in [3.63, 3.8) is 0 Å². The van der Waals surface area contributed by atoms with Gasteiger partial charge in [-0.1, -0.05) is 0 Å². The fraction of sp³-hybridized carbons (Fsp3) is 1.00. The van der Waals surface area contributed by atoms with E-state index in [4.69, 9.17) is 15.3 Å². The molecule has 0 aliphatic carbocycles. The Balaban J connectivity index is -0.000000150. The number of quaternary nitrogens is 1. The first kappa shape index (κ1) is 18.6. The molecule has 0 heterocycles. The van der Waals surface area contributed by atoms with E-state index in [1.54, 1.807) is 0 Å². The summed E-state index contributed by atoms with van der Waals surface area (Å²) in [6, 6.07) is 0. The van der Waals surface area contributed by atoms with Gasteiger partial charge in [0.25, 0.3) is 0 Å². The summed E-state index contributed by atoms with van der Waals surface area (Å²) in [5.74, 6) is 0. The first-order chi connectivity index (χ1) is 5.33. The molecule has 0 fully saturated rings. The van der Waals surface area contributed by atoms with Crippen molar-refractivity contribution in [1.29, 1.82) is 0 Å². The third-order valence-electron chi connectivity index (χ3n) is 1.04. The predicted octanol–water partition coefficient (Wildman–Crippen LogP) is -1.78. The molecule has 5 N–H and O–H groups in total. The van der Waals surface area contributed by atoms with E-state index in [2.05, 4.69) is 21.1 Å². The van der Waals surface area contributed by atoms with Crippen LogP contribution in [0, 0.1) is 0 Å². The van der Waals surface area contributed by atoms with E-state index in [1.165, 1.54) is 6.92 Å². The fourth-order valence-corrected chi connectivity index (χ4v) is 0.300. The maximum absolute atomic E-state index is 8.39. The molecule has 0 bridgehead atoms. The maximum atomic E-state index is 8.39. The van der Waals surface area contributed by atoms with Crippen LogP contribution in [0.2, 0.25) is 0 Å². The van der Waals surface area contributed by atoms with Gasteiger partial charge in [0.15, 0.2) is 0 Å². The Bertz CT molecular complexity index is 90.6. The average molecular weight is 198 g/mol. The Hall–Kier alpha value is -0.200. The minimum Gasteiger partial charge on any atom is -0.412 e. The Kier molecular flexibility index (Phi) is 14.1. The second kappa shape index (κ2) is 9.88. The molecule has 0 amide bonds. The van der Waals surface area contributed by atoms with E-state index in [9.17, 15) is 0 Å². The standard InChI is InChI=1S/C5H14NO.C3H8O2.H2O/c1-6(2,3)4-5-7;1-3(5)2-4;/h7H,4-5H2,1-3H3;3-5H,2H2,1H3;1H2/q+1;;. The van der Waals surface area contributed by atoms with Gasteiger partial charge in [0, 0.05) is 0 Å². The smallest absolute Gasteiger partial charge is 0.101 e. The first-order valence-electron chi connectivity index (χ1n) is 4.03. The number of aliphatic hydroxyl groups is 3. The number of likely N-dealkylation sites (N-methyl/N-ethyl adjacent to an activating group) is 1. The zero-order valence-corrected chi connectivity index (χ0v) is 8.99. The third-order valence-corrected chi connectivity index (χ3v) is 1.04. The van der Waals surface area contributed by atoms with Crippen molar-refractivity contribution in [3.8, 4) is 0 Å². The lowest BCUT2D eigenvalue weighted by Gasteiger charge is -2.21. The predicted molar refractivity (Wildman–Crippen MR) is 52.4 cm³/mol. The van der Waals surface area contributed by atoms with E-state index >= 15 is 0 Å². The Labute approximate surface area is 80.1 Å². The molecule has 0 saturated carbocycles. The molecule has 5 nitrogen and oxygen atoms in total. The molecule has 1 atom stereocenters. The lowest BCUT2D eigenvalue weighted by atomic mass is 10.5. The molecule has 13 heavy (non-hydrogen) atoms. The van der Waals surface area contributed by atoms with Crippen molar-refractivity contribution in [2.24, 2.45) is 0 Å². The lowest BCUT2D eigenvalue weighted by molar-refractivity contribution is -0.870. The molecule has 0 rings (SSSR count). The Morgan fingerprint density at radius 2 is 1.46 bits per heavy atom. The highest BCUT2D eigenvalue weighted by Gasteiger charge is 2.02. The number of nitrogens with zero attached hydrogens (tertiary/aromatic N) is 1. The summed E-state index contributed by atoms with van der Waals surface area (Å²) in [6.45, 7) is 2.50. The summed E-state index contributed by atoms with van der Waals surface area (Å²) < 4.78 is 0.844. The van der Waals surface area contributed by atoms with E-state index in [-0.39, 0.29) is 18.7 Å². The van der Waals surface area contributed by atoms with Crippen LogP contribution in [-0.4, -0.2) is 72.3 Å². The maximum Gasteiger partial charge on any atom is 0.101 e. The normalized spacial score (nSPS) is 12.2. The summed E-state index contributed by atoms with van der Waals surface area (Å²) in [5.41, 5.74) is 0. The molecule has 0 aliphatic heterocycles. The monoisotopic (exact) mass is 198 g/mol. The van der Waals surface area contributed by atoms with Gasteiger partial charge < -0.3 is 25.3 Å². The van der Waals surface area contributed by atoms with E-state index < -0.39 is 6.10 Å². The van der Waals surface area contributed by atoms with Crippen molar-refractivity contribution < 1.29 is 25.3 Å². The molecule has 0 saturated heterocycles. The molecular formula is C8H24NO4+. The molecule has 5 heteroatoms. The Morgan fingerprint density at radius 3 is 1.46 bits per heavy atom. The van der Waals surface area contributed by atoms with Crippen molar-refractivity contribution in [3.05, 3.63) is 0 Å². The van der Waals surface area contributed by atoms with Gasteiger partial charge in [0.2, 0.25) is 0 Å². The van der Waals surface area contributed by atoms with E-state index in [0.29, 0.717) is 0 Å². The van der Waals surface area contributed by atoms with Gasteiger partial charge in [-0.25, -0.2) is 0 Å². The average Bonchev–Trinajstić information content (AvgIpc) is 1.86. The number of hydrogen-bond acceptors (Lipinski definition) is 3. The van der Waals surface area contributed by atoms with Gasteiger partial charge >= 0.3 is 0 Å². The number of aliphatic hydroxyl groups excluding tert-OH is 3. The SMILES string of the molecule is CC(O)CO.C[N+](C)(C)CCO.O. The van der Waals surface area contributed by atoms with Crippen LogP contribution >= 0.6 is 0 Å². The molecule has 0 aromatic carbocycles. The van der Waals surface area contributed by atoms with Gasteiger partial charge in [-0.05, 0) is 6.92 Å². The third kappa shape index (κ3) is 33.7. The molecule has 0 aromatic rings. The minimum atomic E-state index is -0.560. The zero-order valence-electron chi connectivity index (χ0n) is 8.99. The molecular weight excluding hydrogens is 174 g/mol. The topological polar surface area (TPSA) is 92.2 Å². The summed E-state index contributed by atoms with van der Waals surface area (Å²) in [6.07, 6.45) is -0.560. The van der Waals surface area contributed by atoms with Gasteiger partial charge in [-0.15, -0.1) is 0 Å². The van der Waals surface area contributed by atoms with Crippen LogP contribution in [0.1, 0.15) is 6.92 Å². The minimum absolute atomic E-state index is 0. The van der Waals surface area contributed by atoms with Crippen molar-refractivity contribution in [1.82, 2.24) is 0 Å². The van der Waals surface area contributed by atoms with Crippen LogP contribution in [0.25, 0.3) is 0 Å². The van der Waals surface area contributed by atoms with Gasteiger partial charge in [-0.3, -0.25) is 0 Å². The second-order valence-electron chi connectivity index (χ2n) is 3.77. The second-order valence-corrected chi connectivity index (χ2v) is 3.77. The number of rotatable bonds is 3. The van der Waals surface area contributed by atoms with Gasteiger partial charge in [0.1, 0.15) is 6.54 Å². The number of hydrogen-bond donors (Lipinski definition) is 3. The Morgan fingerprint density at radius 1 is 1.15 bits per heavy atom. The van der Waals surface area contributed by atoms with E-state index in [1.807, 2.05) is 0 Å². The van der Waals surface area contributed by atoms with Crippen LogP contribution in [0.5, 0.6) is 0 Å². The van der Waals surface area contributed by atoms with Crippen LogP contribution in [0.3, 0.4) is 0 Å². The molecule has 0 aliphatic rings. The van der Waals surface area contributed by atoms with Gasteiger partial charge in [-0.2, -0.15) is 0 Å². The summed E-state index contributed by atoms with van der Waals surface area (Å²) in [5, 5.41) is 24.4. The molecule has 0 radical (unpaired) electrons. The lowest BCUT2D eigenvalue weighted by Crippen LogP contribution is -2.36. The highest BCUT2D eigenvalue weighted by molar-refractivity contribution is 4.34. The molecule has 0 spiro atoms. The van der Waals surface area contributed by atoms with Crippen LogP contribution < -0.4 is 0 Å². The summed E-state index contributed by atoms with van der Waals surface area (Å²) in [7, 11) is 6.16. The first-order valence-corrected chi connectivity index (χ1v) is 4.03. The highest BCUT2D eigenvalue weighted by Crippen LogP contribution is 1.84. The molecule has 0 aromatic heterocycles. The fourth-order valence-electron chi connectivity index (χ4n) is 0.300. The van der Waals surface area contributed by atoms with Crippen LogP contribution in [-0.2, 0) is 0 Å². The summed E-state index contributed by atoms with van der Waals surface area (Å²) in [4.78, 5) is 0. The van der Waals surface area contributed by atoms with Crippen LogP contribution in [0.15, 0.2) is 0 Å². The van der Waals surface area contributed by atoms with Crippen molar-refractivity contribution in [2.45, 2.75) is 13.0 Å². The highest BCUT2D eigenvalue weighted by atomic mass is 16.3. The van der Waals surface area contributed by atoms with Crippen molar-refractivity contribution >= 4 is 0 Å². The quantitative estimate of drug-likeness (QED) is 0.468. The van der Waals surface area contributed by atoms with Gasteiger partial charge in [0.05, 0.1) is 40.5 Å². The van der Waals surface area contributed by atoms with Crippen molar-refractivity contribution in [2.75, 3.05) is 40.9 Å². The molecule has 1 unspecified atom stereocenters.